The lowest BCUT2D eigenvalue weighted by Gasteiger charge is -2.58. The number of aryl methyl sites for hydroxylation is 1. The van der Waals surface area contributed by atoms with Gasteiger partial charge in [-0.1, -0.05) is 172 Å². The van der Waals surface area contributed by atoms with Crippen LogP contribution in [-0.4, -0.2) is 23.9 Å². The van der Waals surface area contributed by atoms with Crippen LogP contribution in [0.5, 0.6) is 0 Å². The third-order valence-corrected chi connectivity index (χ3v) is 20.5. The number of hydrogen-bond acceptors (Lipinski definition) is 1. The molecule has 4 unspecified atom stereocenters. The highest BCUT2D eigenvalue weighted by Crippen LogP contribution is 2.65. The van der Waals surface area contributed by atoms with Crippen LogP contribution < -0.4 is 0 Å². The van der Waals surface area contributed by atoms with Gasteiger partial charge < -0.3 is 4.57 Å². The molecule has 312 valence electrons. The van der Waals surface area contributed by atoms with Crippen LogP contribution >= 0.6 is 0 Å². The third-order valence-electron chi connectivity index (χ3n) is 15.4. The molecule has 0 saturated heterocycles. The highest BCUT2D eigenvalue weighted by molar-refractivity contribution is 6.76. The minimum absolute atomic E-state index is 0.0206. The molecule has 0 spiro atoms. The Morgan fingerprint density at radius 3 is 1.59 bits per heavy atom. The van der Waals surface area contributed by atoms with Crippen molar-refractivity contribution in [3.63, 3.8) is 0 Å². The average molecular weight is 802 g/mol. The Morgan fingerprint density at radius 1 is 0.610 bits per heavy atom. The Bertz CT molecular complexity index is 2310. The fourth-order valence-electron chi connectivity index (χ4n) is 14.0. The molecule has 4 aromatic rings. The van der Waals surface area contributed by atoms with Crippen LogP contribution in [0.3, 0.4) is 0 Å². The zero-order valence-electron chi connectivity index (χ0n) is 40.1. The summed E-state index contributed by atoms with van der Waals surface area (Å²) in [6, 6.07) is 32.1. The molecular weight excluding hydrogens is 727 g/mol. The van der Waals surface area contributed by atoms with E-state index in [-0.39, 0.29) is 27.3 Å². The molecule has 0 radical (unpaired) electrons. The van der Waals surface area contributed by atoms with Gasteiger partial charge in [-0.3, -0.25) is 0 Å². The van der Waals surface area contributed by atoms with Crippen LogP contribution in [0.25, 0.3) is 16.7 Å². The largest absolute Gasteiger partial charge is 0.314 e. The van der Waals surface area contributed by atoms with E-state index in [1.165, 1.54) is 73.2 Å². The summed E-state index contributed by atoms with van der Waals surface area (Å²) in [5.74, 6) is 1.82. The van der Waals surface area contributed by atoms with E-state index in [1.54, 1.807) is 5.57 Å². The second-order valence-electron chi connectivity index (χ2n) is 24.5. The molecule has 0 bridgehead atoms. The molecule has 0 aliphatic heterocycles. The molecule has 4 aliphatic rings. The van der Waals surface area contributed by atoms with E-state index in [0.29, 0.717) is 23.3 Å². The summed E-state index contributed by atoms with van der Waals surface area (Å²) < 4.78 is 3.00. The Labute approximate surface area is 360 Å². The second kappa shape index (κ2) is 13.3. The third kappa shape index (κ3) is 6.30. The van der Waals surface area contributed by atoms with Crippen molar-refractivity contribution in [1.82, 2.24) is 4.57 Å². The van der Waals surface area contributed by atoms with Gasteiger partial charge in [0.05, 0.1) is 5.41 Å². The first-order valence-electron chi connectivity index (χ1n) is 22.9. The van der Waals surface area contributed by atoms with E-state index >= 15 is 0 Å². The molecule has 1 fully saturated rings. The van der Waals surface area contributed by atoms with E-state index in [9.17, 15) is 0 Å². The lowest BCUT2D eigenvalue weighted by atomic mass is 9.65. The van der Waals surface area contributed by atoms with Gasteiger partial charge >= 0.3 is 0 Å². The first-order valence-corrected chi connectivity index (χ1v) is 25.9. The molecule has 0 heterocycles. The predicted molar refractivity (Wildman–Crippen MR) is 258 cm³/mol. The van der Waals surface area contributed by atoms with Gasteiger partial charge in [0, 0.05) is 16.5 Å². The van der Waals surface area contributed by atoms with Crippen molar-refractivity contribution >= 4 is 13.8 Å². The number of rotatable bonds is 4. The van der Waals surface area contributed by atoms with Crippen LogP contribution in [0.2, 0.25) is 18.6 Å². The summed E-state index contributed by atoms with van der Waals surface area (Å²) in [4.78, 5) is 0. The van der Waals surface area contributed by atoms with Gasteiger partial charge in [-0.15, -0.1) is 0 Å². The Kier molecular flexibility index (Phi) is 9.50. The highest BCUT2D eigenvalue weighted by Gasteiger charge is 2.59. The van der Waals surface area contributed by atoms with Crippen molar-refractivity contribution in [3.05, 3.63) is 147 Å². The maximum atomic E-state index is 3.00. The van der Waals surface area contributed by atoms with Gasteiger partial charge in [0.2, 0.25) is 0 Å². The van der Waals surface area contributed by atoms with E-state index in [2.05, 4.69) is 219 Å². The van der Waals surface area contributed by atoms with Crippen LogP contribution in [0.15, 0.2) is 96.6 Å². The summed E-state index contributed by atoms with van der Waals surface area (Å²) >= 11 is 0. The monoisotopic (exact) mass is 802 g/mol. The summed E-state index contributed by atoms with van der Waals surface area (Å²) in [5.41, 5.74) is 18.9. The average Bonchev–Trinajstić information content (AvgIpc) is 3.68. The number of benzene rings is 4. The fourth-order valence-corrected chi connectivity index (χ4v) is 20.5. The first kappa shape index (κ1) is 42.2. The minimum Gasteiger partial charge on any atom is -0.314 e. The summed E-state index contributed by atoms with van der Waals surface area (Å²) in [5, 5.41) is 0. The van der Waals surface area contributed by atoms with E-state index in [1.807, 2.05) is 0 Å². The topological polar surface area (TPSA) is 3.24 Å². The molecular formula is C57H75NSi. The molecule has 4 aliphatic carbocycles. The van der Waals surface area contributed by atoms with Crippen molar-refractivity contribution in [2.24, 2.45) is 17.8 Å². The molecule has 0 amide bonds. The van der Waals surface area contributed by atoms with Gasteiger partial charge in [0.1, 0.15) is 8.24 Å². The smallest absolute Gasteiger partial charge is 0.127 e. The van der Waals surface area contributed by atoms with Crippen LogP contribution in [-0.2, 0) is 21.7 Å². The summed E-state index contributed by atoms with van der Waals surface area (Å²) in [6.07, 6.45) is 6.48. The van der Waals surface area contributed by atoms with E-state index in [4.69, 9.17) is 0 Å². The highest BCUT2D eigenvalue weighted by atomic mass is 28.3. The molecule has 1 nitrogen and oxygen atoms in total. The molecule has 0 N–H and O–H groups in total. The Balaban J connectivity index is 1.37. The predicted octanol–water partition coefficient (Wildman–Crippen LogP) is 15.3. The molecule has 2 heteroatoms. The van der Waals surface area contributed by atoms with Crippen LogP contribution in [0.4, 0.5) is 0 Å². The lowest BCUT2D eigenvalue weighted by molar-refractivity contribution is 0.120. The zero-order valence-corrected chi connectivity index (χ0v) is 41.1. The Morgan fingerprint density at radius 2 is 1.10 bits per heavy atom. The molecule has 1 saturated carbocycles. The van der Waals surface area contributed by atoms with Gasteiger partial charge in [-0.2, -0.15) is 0 Å². The van der Waals surface area contributed by atoms with Crippen molar-refractivity contribution in [2.75, 3.05) is 0 Å². The lowest BCUT2D eigenvalue weighted by Crippen LogP contribution is -2.67. The van der Waals surface area contributed by atoms with Crippen LogP contribution in [0, 0.1) is 24.7 Å². The van der Waals surface area contributed by atoms with Crippen molar-refractivity contribution in [2.45, 2.75) is 169 Å². The summed E-state index contributed by atoms with van der Waals surface area (Å²) in [6.45, 7) is 44.4. The van der Waals surface area contributed by atoms with E-state index < -0.39 is 13.7 Å². The first-order chi connectivity index (χ1) is 27.1. The van der Waals surface area contributed by atoms with Gasteiger partial charge in [0.15, 0.2) is 0 Å². The van der Waals surface area contributed by atoms with Crippen LogP contribution in [0.1, 0.15) is 160 Å². The number of nitrogens with zero attached hydrogens (tertiary/aromatic N) is 1. The molecule has 59 heavy (non-hydrogen) atoms. The maximum Gasteiger partial charge on any atom is 0.127 e. The van der Waals surface area contributed by atoms with E-state index in [0.717, 1.165) is 0 Å². The summed E-state index contributed by atoms with van der Waals surface area (Å²) in [7, 11) is -2.02. The fraction of sp³-hybridized carbons (Fsp3) is 0.509. The van der Waals surface area contributed by atoms with Crippen molar-refractivity contribution in [3.8, 4) is 11.1 Å². The standard InChI is InChI=1S/C57H75NSi/c1-35-19-22-38(23-20-35)57(47-32-39(52(3,4)5)24-28-42(47)43-29-25-40(33-48(43)57)53(6,7)8)41-26-30-44-45-27-21-37-31-36(2)51(49(37)50(45)56(15,16)46(44)34-41)59(17,18)58(54(9,10)11)55(12,13)14/h19-30,32-34,36-37,49,51H,31H2,1-18H3. The number of hydrogen-bond donors (Lipinski definition) is 0. The normalized spacial score (nSPS) is 23.3. The number of allylic oxidation sites excluding steroid dienone is 4. The SMILES string of the molecule is Cc1ccc(C2(c3ccc4c(c3)C(C)(C)C3=C4C=CC4CC(C)C([Si](C)(C)N(C(C)(C)C)C(C)(C)C)C34)c3cc(C(C)(C)C)ccc3-c3ccc(C(C)(C)C)cc32)cc1. The minimum atomic E-state index is -2.02. The van der Waals surface area contributed by atoms with Crippen molar-refractivity contribution < 1.29 is 0 Å². The Hall–Kier alpha value is -3.46. The van der Waals surface area contributed by atoms with Gasteiger partial charge in [-0.05, 0) is 156 Å². The quantitative estimate of drug-likeness (QED) is 0.164. The molecule has 0 aromatic heterocycles. The maximum absolute atomic E-state index is 3.00. The molecule has 8 rings (SSSR count). The number of fused-ring (bicyclic) bond motifs is 7. The van der Waals surface area contributed by atoms with Gasteiger partial charge in [0.25, 0.3) is 0 Å². The molecule has 4 aromatic carbocycles. The van der Waals surface area contributed by atoms with Crippen molar-refractivity contribution in [1.29, 1.82) is 0 Å². The second-order valence-corrected chi connectivity index (χ2v) is 28.9. The van der Waals surface area contributed by atoms with Gasteiger partial charge in [-0.25, -0.2) is 0 Å². The zero-order chi connectivity index (χ0) is 43.2. The molecule has 4 atom stereocenters.